The summed E-state index contributed by atoms with van der Waals surface area (Å²) >= 11 is 5.66. The van der Waals surface area contributed by atoms with Crippen LogP contribution in [0, 0.1) is 12.8 Å². The zero-order valence-corrected chi connectivity index (χ0v) is 9.09. The van der Waals surface area contributed by atoms with Crippen LogP contribution >= 0.6 is 11.6 Å². The molecule has 0 bridgehead atoms. The van der Waals surface area contributed by atoms with Gasteiger partial charge in [0.25, 0.3) is 0 Å². The summed E-state index contributed by atoms with van der Waals surface area (Å²) in [6, 6.07) is 2.03. The van der Waals surface area contributed by atoms with Crippen molar-refractivity contribution in [3.05, 3.63) is 18.0 Å². The van der Waals surface area contributed by atoms with Crippen LogP contribution in [0.5, 0.6) is 0 Å². The summed E-state index contributed by atoms with van der Waals surface area (Å²) in [7, 11) is 0. The van der Waals surface area contributed by atoms with Crippen LogP contribution in [0.1, 0.15) is 25.5 Å². The lowest BCUT2D eigenvalue weighted by Gasteiger charge is -2.08. The van der Waals surface area contributed by atoms with Gasteiger partial charge in [0.15, 0.2) is 0 Å². The molecule has 1 rings (SSSR count). The predicted molar refractivity (Wildman–Crippen MR) is 56.1 cm³/mol. The van der Waals surface area contributed by atoms with Crippen LogP contribution in [-0.4, -0.2) is 15.7 Å². The number of alkyl halides is 1. The average Bonchev–Trinajstić information content (AvgIpc) is 2.49. The standard InChI is InChI=1S/C10H17ClN2/c1-9(3-6-11)4-7-13-8-5-10(2)12-13/h5,8-9H,3-4,6-7H2,1-2H3. The molecule has 1 heterocycles. The number of hydrogen-bond acceptors (Lipinski definition) is 1. The molecule has 0 fully saturated rings. The van der Waals surface area contributed by atoms with Crippen LogP contribution in [0.15, 0.2) is 12.3 Å². The molecular weight excluding hydrogens is 184 g/mol. The first-order valence-electron chi connectivity index (χ1n) is 4.78. The molecule has 1 unspecified atom stereocenters. The van der Waals surface area contributed by atoms with E-state index in [2.05, 4.69) is 12.0 Å². The van der Waals surface area contributed by atoms with Crippen molar-refractivity contribution >= 4 is 11.6 Å². The van der Waals surface area contributed by atoms with E-state index in [9.17, 15) is 0 Å². The number of rotatable bonds is 5. The summed E-state index contributed by atoms with van der Waals surface area (Å²) in [6.45, 7) is 5.25. The number of aromatic nitrogens is 2. The smallest absolute Gasteiger partial charge is 0.0593 e. The Bertz CT molecular complexity index is 245. The van der Waals surface area contributed by atoms with Crippen molar-refractivity contribution in [2.24, 2.45) is 5.92 Å². The van der Waals surface area contributed by atoms with Crippen LogP contribution in [-0.2, 0) is 6.54 Å². The van der Waals surface area contributed by atoms with E-state index < -0.39 is 0 Å². The number of halogens is 1. The summed E-state index contributed by atoms with van der Waals surface area (Å²) in [5.74, 6) is 1.46. The van der Waals surface area contributed by atoms with E-state index in [1.54, 1.807) is 0 Å². The van der Waals surface area contributed by atoms with Gasteiger partial charge in [-0.3, -0.25) is 4.68 Å². The lowest BCUT2D eigenvalue weighted by atomic mass is 10.1. The minimum Gasteiger partial charge on any atom is -0.272 e. The Balaban J connectivity index is 2.26. The van der Waals surface area contributed by atoms with Crippen molar-refractivity contribution in [3.8, 4) is 0 Å². The summed E-state index contributed by atoms with van der Waals surface area (Å²) in [4.78, 5) is 0. The van der Waals surface area contributed by atoms with Crippen LogP contribution in [0.25, 0.3) is 0 Å². The molecule has 1 aromatic rings. The molecule has 0 aromatic carbocycles. The van der Waals surface area contributed by atoms with Gasteiger partial charge in [0.1, 0.15) is 0 Å². The molecule has 0 aliphatic rings. The highest BCUT2D eigenvalue weighted by Gasteiger charge is 2.01. The quantitative estimate of drug-likeness (QED) is 0.669. The van der Waals surface area contributed by atoms with Gasteiger partial charge in [0.2, 0.25) is 0 Å². The maximum absolute atomic E-state index is 5.66. The monoisotopic (exact) mass is 200 g/mol. The molecule has 1 atom stereocenters. The molecular formula is C10H17ClN2. The molecule has 13 heavy (non-hydrogen) atoms. The van der Waals surface area contributed by atoms with E-state index in [0.717, 1.165) is 31.0 Å². The molecule has 0 saturated heterocycles. The SMILES string of the molecule is Cc1ccn(CCC(C)CCCl)n1. The number of aryl methyl sites for hydroxylation is 2. The molecule has 0 aliphatic heterocycles. The zero-order valence-electron chi connectivity index (χ0n) is 8.33. The predicted octanol–water partition coefficient (Wildman–Crippen LogP) is 2.85. The van der Waals surface area contributed by atoms with Gasteiger partial charge in [0, 0.05) is 18.6 Å². The maximum Gasteiger partial charge on any atom is 0.0593 e. The van der Waals surface area contributed by atoms with Crippen molar-refractivity contribution in [1.29, 1.82) is 0 Å². The van der Waals surface area contributed by atoms with Crippen molar-refractivity contribution < 1.29 is 0 Å². The fraction of sp³-hybridized carbons (Fsp3) is 0.700. The largest absolute Gasteiger partial charge is 0.272 e. The lowest BCUT2D eigenvalue weighted by Crippen LogP contribution is -2.04. The molecule has 74 valence electrons. The minimum atomic E-state index is 0.696. The molecule has 2 nitrogen and oxygen atoms in total. The first-order chi connectivity index (χ1) is 6.22. The lowest BCUT2D eigenvalue weighted by molar-refractivity contribution is 0.449. The minimum absolute atomic E-state index is 0.696. The molecule has 3 heteroatoms. The van der Waals surface area contributed by atoms with E-state index >= 15 is 0 Å². The topological polar surface area (TPSA) is 17.8 Å². The van der Waals surface area contributed by atoms with Gasteiger partial charge in [-0.25, -0.2) is 0 Å². The summed E-state index contributed by atoms with van der Waals surface area (Å²) in [5.41, 5.74) is 1.09. The molecule has 0 radical (unpaired) electrons. The number of nitrogens with zero attached hydrogens (tertiary/aromatic N) is 2. The second-order valence-electron chi connectivity index (χ2n) is 3.59. The Morgan fingerprint density at radius 3 is 2.85 bits per heavy atom. The third kappa shape index (κ3) is 3.81. The molecule has 0 aliphatic carbocycles. The summed E-state index contributed by atoms with van der Waals surface area (Å²) in [5, 5.41) is 4.33. The van der Waals surface area contributed by atoms with E-state index in [0.29, 0.717) is 5.92 Å². The Morgan fingerprint density at radius 1 is 1.54 bits per heavy atom. The van der Waals surface area contributed by atoms with Crippen LogP contribution < -0.4 is 0 Å². The highest BCUT2D eigenvalue weighted by Crippen LogP contribution is 2.09. The fourth-order valence-corrected chi connectivity index (χ4v) is 1.64. The molecule has 0 amide bonds. The normalized spacial score (nSPS) is 13.2. The van der Waals surface area contributed by atoms with Gasteiger partial charge in [-0.05, 0) is 31.7 Å². The van der Waals surface area contributed by atoms with Gasteiger partial charge in [-0.2, -0.15) is 5.10 Å². The Kier molecular flexibility index (Phi) is 4.29. The molecule has 0 saturated carbocycles. The Morgan fingerprint density at radius 2 is 2.31 bits per heavy atom. The highest BCUT2D eigenvalue weighted by atomic mass is 35.5. The maximum atomic E-state index is 5.66. The summed E-state index contributed by atoms with van der Waals surface area (Å²) < 4.78 is 2.00. The second-order valence-corrected chi connectivity index (χ2v) is 3.97. The first-order valence-corrected chi connectivity index (χ1v) is 5.32. The van der Waals surface area contributed by atoms with E-state index in [1.807, 2.05) is 23.9 Å². The molecule has 0 N–H and O–H groups in total. The van der Waals surface area contributed by atoms with Crippen LogP contribution in [0.2, 0.25) is 0 Å². The average molecular weight is 201 g/mol. The van der Waals surface area contributed by atoms with E-state index in [-0.39, 0.29) is 0 Å². The van der Waals surface area contributed by atoms with Crippen molar-refractivity contribution in [1.82, 2.24) is 9.78 Å². The molecule has 0 spiro atoms. The Hall–Kier alpha value is -0.500. The molecule has 1 aromatic heterocycles. The first kappa shape index (κ1) is 10.6. The second kappa shape index (κ2) is 5.28. The van der Waals surface area contributed by atoms with E-state index in [1.165, 1.54) is 0 Å². The van der Waals surface area contributed by atoms with Gasteiger partial charge in [-0.15, -0.1) is 11.6 Å². The summed E-state index contributed by atoms with van der Waals surface area (Å²) in [6.07, 6.45) is 4.29. The van der Waals surface area contributed by atoms with Gasteiger partial charge >= 0.3 is 0 Å². The van der Waals surface area contributed by atoms with Crippen molar-refractivity contribution in [2.45, 2.75) is 33.2 Å². The van der Waals surface area contributed by atoms with Crippen LogP contribution in [0.4, 0.5) is 0 Å². The zero-order chi connectivity index (χ0) is 9.68. The fourth-order valence-electron chi connectivity index (χ4n) is 1.27. The van der Waals surface area contributed by atoms with Gasteiger partial charge < -0.3 is 0 Å². The highest BCUT2D eigenvalue weighted by molar-refractivity contribution is 6.17. The van der Waals surface area contributed by atoms with Crippen LogP contribution in [0.3, 0.4) is 0 Å². The van der Waals surface area contributed by atoms with Gasteiger partial charge in [-0.1, -0.05) is 6.92 Å². The van der Waals surface area contributed by atoms with E-state index in [4.69, 9.17) is 11.6 Å². The van der Waals surface area contributed by atoms with Crippen molar-refractivity contribution in [2.75, 3.05) is 5.88 Å². The number of hydrogen-bond donors (Lipinski definition) is 0. The Labute approximate surface area is 84.9 Å². The third-order valence-corrected chi connectivity index (χ3v) is 2.45. The van der Waals surface area contributed by atoms with Gasteiger partial charge in [0.05, 0.1) is 5.69 Å². The third-order valence-electron chi connectivity index (χ3n) is 2.23. The van der Waals surface area contributed by atoms with Crippen molar-refractivity contribution in [3.63, 3.8) is 0 Å².